The van der Waals surface area contributed by atoms with E-state index in [4.69, 9.17) is 39.5 Å². The summed E-state index contributed by atoms with van der Waals surface area (Å²) in [6, 6.07) is 2.95. The molecule has 1 aromatic rings. The topological polar surface area (TPSA) is 38.3 Å². The minimum atomic E-state index is -0.729. The first-order chi connectivity index (χ1) is 6.54. The van der Waals surface area contributed by atoms with E-state index in [0.29, 0.717) is 21.5 Å². The molecular weight excluding hydrogens is 248 g/mol. The van der Waals surface area contributed by atoms with E-state index in [1.165, 1.54) is 19.2 Å². The normalized spacial score (nSPS) is 9.71. The lowest BCUT2D eigenvalue weighted by molar-refractivity contribution is 0.269. The Morgan fingerprint density at radius 3 is 2.50 bits per heavy atom. The summed E-state index contributed by atoms with van der Waals surface area (Å²) in [7, 11) is 1.47. The maximum atomic E-state index is 10.6. The van der Waals surface area contributed by atoms with Crippen molar-refractivity contribution in [3.63, 3.8) is 0 Å². The molecule has 1 aromatic carbocycles. The van der Waals surface area contributed by atoms with Crippen LogP contribution in [0.2, 0.25) is 10.0 Å². The van der Waals surface area contributed by atoms with E-state index in [2.05, 4.69) is 5.32 Å². The first-order valence-electron chi connectivity index (χ1n) is 3.54. The summed E-state index contributed by atoms with van der Waals surface area (Å²) in [5.41, 5.74) is 0.345. The number of anilines is 1. The van der Waals surface area contributed by atoms with Crippen molar-refractivity contribution >= 4 is 45.9 Å². The summed E-state index contributed by atoms with van der Waals surface area (Å²) in [5.74, 6) is 0.434. The fraction of sp³-hybridized carbons (Fsp3) is 0.125. The van der Waals surface area contributed by atoms with Gasteiger partial charge in [0, 0.05) is 6.07 Å². The van der Waals surface area contributed by atoms with E-state index in [9.17, 15) is 4.79 Å². The third kappa shape index (κ3) is 2.67. The van der Waals surface area contributed by atoms with Crippen LogP contribution in [0.4, 0.5) is 10.5 Å². The van der Waals surface area contributed by atoms with Gasteiger partial charge in [-0.3, -0.25) is 4.79 Å². The van der Waals surface area contributed by atoms with Gasteiger partial charge in [0.15, 0.2) is 0 Å². The van der Waals surface area contributed by atoms with Gasteiger partial charge in [0.2, 0.25) is 0 Å². The highest BCUT2D eigenvalue weighted by Crippen LogP contribution is 2.34. The Balaban J connectivity index is 3.08. The van der Waals surface area contributed by atoms with Crippen LogP contribution in [0.1, 0.15) is 0 Å². The summed E-state index contributed by atoms with van der Waals surface area (Å²) in [4.78, 5) is 10.6. The van der Waals surface area contributed by atoms with E-state index in [1.807, 2.05) is 0 Å². The van der Waals surface area contributed by atoms with Gasteiger partial charge in [-0.15, -0.1) is 0 Å². The molecule has 0 aliphatic heterocycles. The number of hydrogen-bond donors (Lipinski definition) is 1. The zero-order chi connectivity index (χ0) is 10.7. The van der Waals surface area contributed by atoms with Gasteiger partial charge in [0.05, 0.1) is 22.8 Å². The minimum Gasteiger partial charge on any atom is -0.495 e. The summed E-state index contributed by atoms with van der Waals surface area (Å²) < 4.78 is 4.92. The van der Waals surface area contributed by atoms with Crippen LogP contribution in [-0.4, -0.2) is 12.5 Å². The number of methoxy groups -OCH3 is 1. The second-order valence-corrected chi connectivity index (χ2v) is 3.52. The van der Waals surface area contributed by atoms with Crippen molar-refractivity contribution in [3.8, 4) is 5.75 Å². The number of amides is 1. The lowest BCUT2D eigenvalue weighted by atomic mass is 10.3. The Morgan fingerprint density at radius 1 is 1.36 bits per heavy atom. The van der Waals surface area contributed by atoms with Gasteiger partial charge in [-0.1, -0.05) is 23.2 Å². The number of ether oxygens (including phenoxy) is 1. The lowest BCUT2D eigenvalue weighted by Gasteiger charge is -2.08. The van der Waals surface area contributed by atoms with E-state index in [0.717, 1.165) is 0 Å². The van der Waals surface area contributed by atoms with Crippen LogP contribution in [0.3, 0.4) is 0 Å². The highest BCUT2D eigenvalue weighted by Gasteiger charge is 2.08. The van der Waals surface area contributed by atoms with E-state index in [-0.39, 0.29) is 0 Å². The van der Waals surface area contributed by atoms with Gasteiger partial charge >= 0.3 is 5.37 Å². The van der Waals surface area contributed by atoms with Crippen LogP contribution in [0, 0.1) is 0 Å². The predicted molar refractivity (Wildman–Crippen MR) is 57.9 cm³/mol. The van der Waals surface area contributed by atoms with Crippen molar-refractivity contribution in [3.05, 3.63) is 22.2 Å². The molecule has 1 amide bonds. The Bertz CT molecular complexity index is 368. The number of carbonyl (C=O) groups is 1. The van der Waals surface area contributed by atoms with Gasteiger partial charge in [-0.05, 0) is 17.7 Å². The van der Waals surface area contributed by atoms with Crippen molar-refractivity contribution in [1.82, 2.24) is 0 Å². The average molecular weight is 254 g/mol. The molecule has 1 rings (SSSR count). The number of carbonyl (C=O) groups excluding carboxylic acids is 1. The summed E-state index contributed by atoms with van der Waals surface area (Å²) in [5, 5.41) is 2.24. The van der Waals surface area contributed by atoms with Crippen LogP contribution in [0.25, 0.3) is 0 Å². The number of halogens is 3. The first kappa shape index (κ1) is 11.4. The molecule has 0 aliphatic rings. The standard InChI is InChI=1S/C8H6Cl3NO2/c1-14-7-3-4(9)6(2-5(7)10)12-8(11)13/h2-3H,1H3,(H,12,13). The van der Waals surface area contributed by atoms with Crippen molar-refractivity contribution in [2.75, 3.05) is 12.4 Å². The zero-order valence-electron chi connectivity index (χ0n) is 7.11. The molecule has 76 valence electrons. The summed E-state index contributed by atoms with van der Waals surface area (Å²) in [6.45, 7) is 0. The maximum Gasteiger partial charge on any atom is 0.318 e. The fourth-order valence-electron chi connectivity index (χ4n) is 0.887. The molecule has 0 aromatic heterocycles. The van der Waals surface area contributed by atoms with Crippen molar-refractivity contribution in [2.24, 2.45) is 0 Å². The number of benzene rings is 1. The molecule has 0 bridgehead atoms. The smallest absolute Gasteiger partial charge is 0.318 e. The van der Waals surface area contributed by atoms with Crippen molar-refractivity contribution in [1.29, 1.82) is 0 Å². The molecule has 6 heteroatoms. The molecule has 0 unspecified atom stereocenters. The lowest BCUT2D eigenvalue weighted by Crippen LogP contribution is -2.01. The Hall–Kier alpha value is -0.640. The van der Waals surface area contributed by atoms with Crippen molar-refractivity contribution in [2.45, 2.75) is 0 Å². The third-order valence-corrected chi connectivity index (χ3v) is 2.18. The molecule has 0 saturated carbocycles. The fourth-order valence-corrected chi connectivity index (χ4v) is 1.43. The van der Waals surface area contributed by atoms with E-state index in [1.54, 1.807) is 0 Å². The monoisotopic (exact) mass is 253 g/mol. The number of rotatable bonds is 2. The Morgan fingerprint density at radius 2 is 2.00 bits per heavy atom. The second kappa shape index (κ2) is 4.73. The highest BCUT2D eigenvalue weighted by molar-refractivity contribution is 6.66. The molecule has 0 saturated heterocycles. The zero-order valence-corrected chi connectivity index (χ0v) is 9.37. The van der Waals surface area contributed by atoms with Crippen LogP contribution in [-0.2, 0) is 0 Å². The van der Waals surface area contributed by atoms with Crippen LogP contribution < -0.4 is 10.1 Å². The third-order valence-electron chi connectivity index (χ3n) is 1.47. The molecule has 0 fully saturated rings. The Kier molecular flexibility index (Phi) is 3.86. The van der Waals surface area contributed by atoms with Gasteiger partial charge < -0.3 is 10.1 Å². The summed E-state index contributed by atoms with van der Waals surface area (Å²) >= 11 is 16.7. The predicted octanol–water partition coefficient (Wildman–Crippen LogP) is 3.77. The average Bonchev–Trinajstić information content (AvgIpc) is 2.10. The maximum absolute atomic E-state index is 10.6. The first-order valence-corrected chi connectivity index (χ1v) is 4.67. The Labute approximate surface area is 95.9 Å². The molecule has 0 aliphatic carbocycles. The van der Waals surface area contributed by atoms with Gasteiger partial charge in [-0.2, -0.15) is 0 Å². The number of hydrogen-bond acceptors (Lipinski definition) is 2. The molecule has 0 spiro atoms. The summed E-state index contributed by atoms with van der Waals surface area (Å²) in [6.07, 6.45) is 0. The number of nitrogens with one attached hydrogen (secondary N) is 1. The molecule has 0 radical (unpaired) electrons. The SMILES string of the molecule is COc1cc(Cl)c(NC(=O)Cl)cc1Cl. The molecule has 3 nitrogen and oxygen atoms in total. The van der Waals surface area contributed by atoms with Crippen molar-refractivity contribution < 1.29 is 9.53 Å². The van der Waals surface area contributed by atoms with Gasteiger partial charge in [-0.25, -0.2) is 0 Å². The van der Waals surface area contributed by atoms with Gasteiger partial charge in [0.1, 0.15) is 5.75 Å². The van der Waals surface area contributed by atoms with Crippen LogP contribution >= 0.6 is 34.8 Å². The largest absolute Gasteiger partial charge is 0.495 e. The highest BCUT2D eigenvalue weighted by atomic mass is 35.5. The van der Waals surface area contributed by atoms with Crippen LogP contribution in [0.5, 0.6) is 5.75 Å². The molecular formula is C8H6Cl3NO2. The van der Waals surface area contributed by atoms with E-state index < -0.39 is 5.37 Å². The van der Waals surface area contributed by atoms with Gasteiger partial charge in [0.25, 0.3) is 0 Å². The quantitative estimate of drug-likeness (QED) is 0.644. The molecule has 0 heterocycles. The van der Waals surface area contributed by atoms with Crippen LogP contribution in [0.15, 0.2) is 12.1 Å². The molecule has 14 heavy (non-hydrogen) atoms. The second-order valence-electron chi connectivity index (χ2n) is 2.37. The molecule has 0 atom stereocenters. The minimum absolute atomic E-state index is 0.306. The van der Waals surface area contributed by atoms with E-state index >= 15 is 0 Å². The molecule has 1 N–H and O–H groups in total.